The molecular weight excluding hydrogens is 394 g/mol. The van der Waals surface area contributed by atoms with Crippen molar-refractivity contribution in [3.05, 3.63) is 35.9 Å². The predicted octanol–water partition coefficient (Wildman–Crippen LogP) is 1.74. The third-order valence-corrected chi connectivity index (χ3v) is 6.31. The van der Waals surface area contributed by atoms with Gasteiger partial charge in [-0.1, -0.05) is 30.3 Å². The second-order valence-corrected chi connectivity index (χ2v) is 9.40. The van der Waals surface area contributed by atoms with E-state index < -0.39 is 41.0 Å². The molecule has 2 fully saturated rings. The Morgan fingerprint density at radius 2 is 1.93 bits per heavy atom. The van der Waals surface area contributed by atoms with Crippen molar-refractivity contribution in [1.82, 2.24) is 15.5 Å². The normalized spacial score (nSPS) is 23.5. The largest absolute Gasteiger partial charge is 0.454 e. The van der Waals surface area contributed by atoms with Crippen molar-refractivity contribution in [3.63, 3.8) is 0 Å². The summed E-state index contributed by atoms with van der Waals surface area (Å²) in [5, 5.41) is 4.70. The number of nitrogens with zero attached hydrogens (tertiary/aromatic N) is 1. The second-order valence-electron chi connectivity index (χ2n) is 8.10. The minimum absolute atomic E-state index is 0.102. The molecule has 2 heterocycles. The first-order chi connectivity index (χ1) is 13.6. The number of carbonyl (C=O) groups is 4. The zero-order chi connectivity index (χ0) is 21.2. The van der Waals surface area contributed by atoms with Gasteiger partial charge >= 0.3 is 12.0 Å². The van der Waals surface area contributed by atoms with Crippen LogP contribution in [0, 0.1) is 0 Å². The molecule has 4 amide bonds. The van der Waals surface area contributed by atoms with Crippen molar-refractivity contribution in [1.29, 1.82) is 0 Å². The van der Waals surface area contributed by atoms with E-state index in [0.717, 1.165) is 5.56 Å². The smallest absolute Gasteiger partial charge is 0.330 e. The third-order valence-electron chi connectivity index (χ3n) is 4.71. The minimum atomic E-state index is -0.758. The standard InChI is InChI=1S/C20H25N3O5S/c1-19(2,3)22-18(27)21-15(24)11-28-17(26)14-12-29-20(10-9-16(25)23(14)20)13-7-5-4-6-8-13/h4-8,14H,9-12H2,1-3H3,(H2,21,22,24,27)/t14-,20-/m1/s1. The maximum atomic E-state index is 12.6. The molecule has 2 aliphatic rings. The van der Waals surface area contributed by atoms with E-state index in [-0.39, 0.29) is 5.91 Å². The van der Waals surface area contributed by atoms with E-state index in [1.165, 1.54) is 0 Å². The zero-order valence-corrected chi connectivity index (χ0v) is 17.5. The number of esters is 1. The van der Waals surface area contributed by atoms with Crippen LogP contribution in [-0.4, -0.2) is 52.7 Å². The average molecular weight is 420 g/mol. The highest BCUT2D eigenvalue weighted by Crippen LogP contribution is 2.54. The van der Waals surface area contributed by atoms with Gasteiger partial charge in [0.05, 0.1) is 0 Å². The van der Waals surface area contributed by atoms with Crippen molar-refractivity contribution in [2.45, 2.75) is 50.1 Å². The first kappa shape index (κ1) is 21.2. The van der Waals surface area contributed by atoms with Crippen LogP contribution in [0.15, 0.2) is 30.3 Å². The highest BCUT2D eigenvalue weighted by atomic mass is 32.2. The number of hydrogen-bond donors (Lipinski definition) is 2. The second kappa shape index (κ2) is 8.06. The van der Waals surface area contributed by atoms with Crippen LogP contribution in [0.1, 0.15) is 39.2 Å². The lowest BCUT2D eigenvalue weighted by atomic mass is 10.0. The Bertz CT molecular complexity index is 823. The van der Waals surface area contributed by atoms with Crippen molar-refractivity contribution < 1.29 is 23.9 Å². The van der Waals surface area contributed by atoms with E-state index in [4.69, 9.17) is 4.74 Å². The number of rotatable bonds is 4. The summed E-state index contributed by atoms with van der Waals surface area (Å²) >= 11 is 1.54. The van der Waals surface area contributed by atoms with E-state index in [1.807, 2.05) is 30.3 Å². The number of benzene rings is 1. The van der Waals surface area contributed by atoms with E-state index in [2.05, 4.69) is 10.6 Å². The van der Waals surface area contributed by atoms with Gasteiger partial charge in [0.15, 0.2) is 6.61 Å². The van der Waals surface area contributed by atoms with Crippen molar-refractivity contribution in [2.75, 3.05) is 12.4 Å². The van der Waals surface area contributed by atoms with Crippen LogP contribution >= 0.6 is 11.8 Å². The Kier molecular flexibility index (Phi) is 5.88. The molecule has 0 radical (unpaired) electrons. The molecular formula is C20H25N3O5S. The summed E-state index contributed by atoms with van der Waals surface area (Å²) in [7, 11) is 0. The summed E-state index contributed by atoms with van der Waals surface area (Å²) in [4.78, 5) is 49.8. The number of carbonyl (C=O) groups excluding carboxylic acids is 4. The van der Waals surface area contributed by atoms with Crippen molar-refractivity contribution in [3.8, 4) is 0 Å². The van der Waals surface area contributed by atoms with Gasteiger partial charge in [-0.2, -0.15) is 0 Å². The highest BCUT2D eigenvalue weighted by molar-refractivity contribution is 8.00. The summed E-state index contributed by atoms with van der Waals surface area (Å²) in [5.41, 5.74) is 0.474. The molecule has 0 aliphatic carbocycles. The molecule has 8 nitrogen and oxygen atoms in total. The molecule has 2 aliphatic heterocycles. The zero-order valence-electron chi connectivity index (χ0n) is 16.7. The first-order valence-electron chi connectivity index (χ1n) is 9.43. The summed E-state index contributed by atoms with van der Waals surface area (Å²) in [6.45, 7) is 4.75. The maximum Gasteiger partial charge on any atom is 0.330 e. The Morgan fingerprint density at radius 1 is 1.24 bits per heavy atom. The van der Waals surface area contributed by atoms with Crippen LogP contribution in [0.4, 0.5) is 4.79 Å². The number of urea groups is 1. The lowest BCUT2D eigenvalue weighted by molar-refractivity contribution is -0.156. The van der Waals surface area contributed by atoms with Crippen LogP contribution < -0.4 is 10.6 Å². The van der Waals surface area contributed by atoms with E-state index in [1.54, 1.807) is 37.4 Å². The SMILES string of the molecule is CC(C)(C)NC(=O)NC(=O)COC(=O)[C@H]1CS[C@@]2(c3ccccc3)CCC(=O)N12. The van der Waals surface area contributed by atoms with Gasteiger partial charge in [0.2, 0.25) is 5.91 Å². The average Bonchev–Trinajstić information content (AvgIpc) is 3.18. The Labute approximate surface area is 173 Å². The molecule has 2 saturated heterocycles. The van der Waals surface area contributed by atoms with Gasteiger partial charge in [0.1, 0.15) is 10.9 Å². The lowest BCUT2D eigenvalue weighted by Crippen LogP contribution is -2.50. The Hall–Kier alpha value is -2.55. The fraction of sp³-hybridized carbons (Fsp3) is 0.500. The van der Waals surface area contributed by atoms with Gasteiger partial charge in [-0.25, -0.2) is 9.59 Å². The van der Waals surface area contributed by atoms with Gasteiger partial charge in [0, 0.05) is 17.7 Å². The summed E-state index contributed by atoms with van der Waals surface area (Å²) < 4.78 is 5.12. The molecule has 3 rings (SSSR count). The van der Waals surface area contributed by atoms with Crippen molar-refractivity contribution in [2.24, 2.45) is 0 Å². The molecule has 29 heavy (non-hydrogen) atoms. The molecule has 0 unspecified atom stereocenters. The minimum Gasteiger partial charge on any atom is -0.454 e. The van der Waals surface area contributed by atoms with Gasteiger partial charge in [-0.15, -0.1) is 11.8 Å². The highest BCUT2D eigenvalue weighted by Gasteiger charge is 2.57. The molecule has 0 aromatic heterocycles. The number of amides is 4. The molecule has 0 saturated carbocycles. The molecule has 0 spiro atoms. The molecule has 0 bridgehead atoms. The van der Waals surface area contributed by atoms with Gasteiger partial charge in [-0.3, -0.25) is 14.9 Å². The first-order valence-corrected chi connectivity index (χ1v) is 10.4. The lowest BCUT2D eigenvalue weighted by Gasteiger charge is -2.33. The van der Waals surface area contributed by atoms with Gasteiger partial charge < -0.3 is 15.0 Å². The summed E-state index contributed by atoms with van der Waals surface area (Å²) in [6, 6.07) is 8.20. The number of hydrogen-bond acceptors (Lipinski definition) is 6. The number of nitrogens with one attached hydrogen (secondary N) is 2. The van der Waals surface area contributed by atoms with E-state index in [9.17, 15) is 19.2 Å². The number of fused-ring (bicyclic) bond motifs is 1. The Morgan fingerprint density at radius 3 is 2.59 bits per heavy atom. The fourth-order valence-corrected chi connectivity index (χ4v) is 5.22. The predicted molar refractivity (Wildman–Crippen MR) is 108 cm³/mol. The summed E-state index contributed by atoms with van der Waals surface area (Å²) in [5.74, 6) is -1.08. The number of imide groups is 1. The molecule has 9 heteroatoms. The summed E-state index contributed by atoms with van der Waals surface area (Å²) in [6.07, 6.45) is 0.983. The van der Waals surface area contributed by atoms with Crippen LogP contribution in [0.3, 0.4) is 0 Å². The topological polar surface area (TPSA) is 105 Å². The fourth-order valence-electron chi connectivity index (χ4n) is 3.58. The number of ether oxygens (including phenoxy) is 1. The molecule has 1 aromatic carbocycles. The van der Waals surface area contributed by atoms with E-state index in [0.29, 0.717) is 18.6 Å². The number of thioether (sulfide) groups is 1. The van der Waals surface area contributed by atoms with Crippen LogP contribution in [0.2, 0.25) is 0 Å². The van der Waals surface area contributed by atoms with Crippen LogP contribution in [-0.2, 0) is 24.0 Å². The third kappa shape index (κ3) is 4.55. The van der Waals surface area contributed by atoms with E-state index >= 15 is 0 Å². The molecule has 156 valence electrons. The van der Waals surface area contributed by atoms with Gasteiger partial charge in [0.25, 0.3) is 5.91 Å². The van der Waals surface area contributed by atoms with Crippen LogP contribution in [0.5, 0.6) is 0 Å². The van der Waals surface area contributed by atoms with Gasteiger partial charge in [-0.05, 0) is 32.8 Å². The quantitative estimate of drug-likeness (QED) is 0.721. The molecule has 2 N–H and O–H groups in total. The molecule has 2 atom stereocenters. The maximum absolute atomic E-state index is 12.6. The Balaban J connectivity index is 1.61. The monoisotopic (exact) mass is 419 g/mol. The van der Waals surface area contributed by atoms with Crippen LogP contribution in [0.25, 0.3) is 0 Å². The van der Waals surface area contributed by atoms with Crippen molar-refractivity contribution >= 4 is 35.6 Å². The molecule has 1 aromatic rings.